The minimum absolute atomic E-state index is 0.438. The van der Waals surface area contributed by atoms with E-state index in [0.717, 1.165) is 0 Å². The molecule has 0 aliphatic carbocycles. The maximum absolute atomic E-state index is 11.9. The molecule has 1 N–H and O–H groups in total. The number of nitrogens with zero attached hydrogens (tertiary/aromatic N) is 1. The van der Waals surface area contributed by atoms with Gasteiger partial charge in [-0.3, -0.25) is 10.1 Å². The zero-order valence-corrected chi connectivity index (χ0v) is 13.5. The van der Waals surface area contributed by atoms with Crippen molar-refractivity contribution >= 4 is 6.09 Å². The van der Waals surface area contributed by atoms with E-state index in [4.69, 9.17) is 9.47 Å². The molecule has 0 radical (unpaired) electrons. The van der Waals surface area contributed by atoms with Gasteiger partial charge in [0, 0.05) is 11.8 Å². The van der Waals surface area contributed by atoms with Crippen molar-refractivity contribution in [2.24, 2.45) is 0 Å². The van der Waals surface area contributed by atoms with Crippen molar-refractivity contribution in [3.63, 3.8) is 0 Å². The van der Waals surface area contributed by atoms with Crippen molar-refractivity contribution in [2.75, 3.05) is 7.11 Å². The summed E-state index contributed by atoms with van der Waals surface area (Å²) < 4.78 is 10.2. The molecule has 0 aliphatic heterocycles. The van der Waals surface area contributed by atoms with Gasteiger partial charge < -0.3 is 14.8 Å². The molecule has 0 heterocycles. The molecule has 7 heteroatoms. The highest BCUT2D eigenvalue weighted by molar-refractivity contribution is 5.68. The van der Waals surface area contributed by atoms with E-state index in [-0.39, 0.29) is 0 Å². The number of amides is 1. The maximum atomic E-state index is 11.9. The lowest BCUT2D eigenvalue weighted by atomic mass is 10.0. The van der Waals surface area contributed by atoms with E-state index >= 15 is 0 Å². The summed E-state index contributed by atoms with van der Waals surface area (Å²) in [7, 11) is 1.53. The van der Waals surface area contributed by atoms with Crippen LogP contribution >= 0.6 is 0 Å². The van der Waals surface area contributed by atoms with Crippen molar-refractivity contribution in [1.82, 2.24) is 5.32 Å². The van der Waals surface area contributed by atoms with Gasteiger partial charge in [-0.15, -0.1) is 0 Å². The van der Waals surface area contributed by atoms with E-state index < -0.39 is 28.7 Å². The van der Waals surface area contributed by atoms with Gasteiger partial charge in [-0.05, 0) is 38.5 Å². The summed E-state index contributed by atoms with van der Waals surface area (Å²) in [4.78, 5) is 22.6. The number of nitrogens with one attached hydrogen (secondary N) is 1. The second-order valence-electron chi connectivity index (χ2n) is 5.92. The van der Waals surface area contributed by atoms with Gasteiger partial charge in [0.05, 0.1) is 7.11 Å². The molecule has 1 aromatic rings. The molecule has 1 aromatic carbocycles. The van der Waals surface area contributed by atoms with E-state index in [1.54, 1.807) is 45.0 Å². The lowest BCUT2D eigenvalue weighted by Gasteiger charge is -2.24. The fraction of sp³-hybridized carbons (Fsp3) is 0.533. The number of nitro groups is 1. The van der Waals surface area contributed by atoms with Crippen LogP contribution in [-0.4, -0.2) is 29.8 Å². The standard InChI is InChI=1S/C15H22N2O5/c1-10(17(19)20)13(16-14(18)22-15(2,3)4)11-6-8-12(21-5)9-7-11/h6-10,13H,1-5H3,(H,16,18)/t10-,13-/m0/s1. The molecular weight excluding hydrogens is 288 g/mol. The van der Waals surface area contributed by atoms with E-state index in [1.165, 1.54) is 14.0 Å². The molecule has 0 spiro atoms. The number of rotatable bonds is 5. The smallest absolute Gasteiger partial charge is 0.408 e. The first-order valence-corrected chi connectivity index (χ1v) is 6.91. The highest BCUT2D eigenvalue weighted by atomic mass is 16.6. The summed E-state index contributed by atoms with van der Waals surface area (Å²) in [5.41, 5.74) is -0.0669. The summed E-state index contributed by atoms with van der Waals surface area (Å²) in [5.74, 6) is 0.633. The van der Waals surface area contributed by atoms with Crippen LogP contribution < -0.4 is 10.1 Å². The minimum atomic E-state index is -0.999. The van der Waals surface area contributed by atoms with Crippen LogP contribution in [0.15, 0.2) is 24.3 Å². The van der Waals surface area contributed by atoms with E-state index in [9.17, 15) is 14.9 Å². The lowest BCUT2D eigenvalue weighted by Crippen LogP contribution is -2.41. The Balaban J connectivity index is 2.97. The highest BCUT2D eigenvalue weighted by Crippen LogP contribution is 2.22. The first kappa shape index (κ1) is 17.7. The number of hydrogen-bond donors (Lipinski definition) is 1. The molecule has 0 unspecified atom stereocenters. The average molecular weight is 310 g/mol. The Morgan fingerprint density at radius 1 is 1.27 bits per heavy atom. The molecule has 0 aromatic heterocycles. The van der Waals surface area contributed by atoms with Crippen LogP contribution in [0.1, 0.15) is 39.3 Å². The van der Waals surface area contributed by atoms with Gasteiger partial charge in [-0.25, -0.2) is 4.79 Å². The zero-order valence-electron chi connectivity index (χ0n) is 13.5. The van der Waals surface area contributed by atoms with Crippen LogP contribution in [0.2, 0.25) is 0 Å². The van der Waals surface area contributed by atoms with Crippen LogP contribution in [-0.2, 0) is 4.74 Å². The third-order valence-electron chi connectivity index (χ3n) is 2.96. The van der Waals surface area contributed by atoms with Gasteiger partial charge in [0.2, 0.25) is 6.04 Å². The first-order valence-electron chi connectivity index (χ1n) is 6.91. The molecule has 0 saturated carbocycles. The average Bonchev–Trinajstić information content (AvgIpc) is 2.42. The summed E-state index contributed by atoms with van der Waals surface area (Å²) >= 11 is 0. The van der Waals surface area contributed by atoms with Crippen molar-refractivity contribution in [2.45, 2.75) is 45.4 Å². The predicted octanol–water partition coefficient (Wildman–Crippen LogP) is 2.93. The van der Waals surface area contributed by atoms with Gasteiger partial charge in [0.25, 0.3) is 0 Å². The number of alkyl carbamates (subject to hydrolysis) is 1. The fourth-order valence-electron chi connectivity index (χ4n) is 1.85. The van der Waals surface area contributed by atoms with Crippen LogP contribution in [0, 0.1) is 10.1 Å². The number of ether oxygens (including phenoxy) is 2. The van der Waals surface area contributed by atoms with E-state index in [1.807, 2.05) is 0 Å². The van der Waals surface area contributed by atoms with Crippen molar-refractivity contribution in [3.8, 4) is 5.75 Å². The molecule has 2 atom stereocenters. The molecule has 122 valence electrons. The second-order valence-corrected chi connectivity index (χ2v) is 5.92. The van der Waals surface area contributed by atoms with Crippen LogP contribution in [0.25, 0.3) is 0 Å². The van der Waals surface area contributed by atoms with Crippen molar-refractivity contribution in [1.29, 1.82) is 0 Å². The number of carbonyl (C=O) groups is 1. The largest absolute Gasteiger partial charge is 0.497 e. The normalized spacial score (nSPS) is 13.9. The molecule has 0 bridgehead atoms. The monoisotopic (exact) mass is 310 g/mol. The number of methoxy groups -OCH3 is 1. The number of carbonyl (C=O) groups excluding carboxylic acids is 1. The van der Waals surface area contributed by atoms with Crippen LogP contribution in [0.4, 0.5) is 4.79 Å². The van der Waals surface area contributed by atoms with Crippen LogP contribution in [0.5, 0.6) is 5.75 Å². The van der Waals surface area contributed by atoms with Crippen molar-refractivity contribution < 1.29 is 19.2 Å². The van der Waals surface area contributed by atoms with E-state index in [2.05, 4.69) is 5.32 Å². The Morgan fingerprint density at radius 2 is 1.82 bits per heavy atom. The Bertz CT molecular complexity index is 522. The first-order chi connectivity index (χ1) is 10.1. The van der Waals surface area contributed by atoms with Gasteiger partial charge in [0.15, 0.2) is 0 Å². The Labute approximate surface area is 129 Å². The van der Waals surface area contributed by atoms with Gasteiger partial charge in [-0.1, -0.05) is 12.1 Å². The van der Waals surface area contributed by atoms with E-state index in [0.29, 0.717) is 11.3 Å². The third-order valence-corrected chi connectivity index (χ3v) is 2.96. The van der Waals surface area contributed by atoms with Crippen LogP contribution in [0.3, 0.4) is 0 Å². The van der Waals surface area contributed by atoms with Crippen molar-refractivity contribution in [3.05, 3.63) is 39.9 Å². The number of benzene rings is 1. The van der Waals surface area contributed by atoms with Gasteiger partial charge in [0.1, 0.15) is 17.4 Å². The third kappa shape index (κ3) is 5.23. The molecule has 22 heavy (non-hydrogen) atoms. The maximum Gasteiger partial charge on any atom is 0.408 e. The summed E-state index contributed by atoms with van der Waals surface area (Å²) in [6, 6.07) is 4.94. The molecule has 7 nitrogen and oxygen atoms in total. The van der Waals surface area contributed by atoms with Gasteiger partial charge >= 0.3 is 6.09 Å². The second kappa shape index (κ2) is 7.11. The molecule has 0 saturated heterocycles. The quantitative estimate of drug-likeness (QED) is 0.667. The Morgan fingerprint density at radius 3 is 2.23 bits per heavy atom. The Kier molecular flexibility index (Phi) is 5.73. The Hall–Kier alpha value is -2.31. The molecule has 1 rings (SSSR count). The molecule has 1 amide bonds. The lowest BCUT2D eigenvalue weighted by molar-refractivity contribution is -0.523. The summed E-state index contributed by atoms with van der Waals surface area (Å²) in [5, 5.41) is 13.7. The molecule has 0 fully saturated rings. The predicted molar refractivity (Wildman–Crippen MR) is 81.6 cm³/mol. The van der Waals surface area contributed by atoms with Gasteiger partial charge in [-0.2, -0.15) is 0 Å². The fourth-order valence-corrected chi connectivity index (χ4v) is 1.85. The SMILES string of the molecule is COc1ccc([C@@H](NC(=O)OC(C)(C)C)[C@H](C)[N+](=O)[O-])cc1. The zero-order chi connectivity index (χ0) is 16.9. The molecule has 0 aliphatic rings. The summed E-state index contributed by atoms with van der Waals surface area (Å²) in [6.07, 6.45) is -0.693. The highest BCUT2D eigenvalue weighted by Gasteiger charge is 2.31. The summed E-state index contributed by atoms with van der Waals surface area (Å²) in [6.45, 7) is 6.62. The topological polar surface area (TPSA) is 90.7 Å². The minimum Gasteiger partial charge on any atom is -0.497 e. The molecular formula is C15H22N2O5. The number of hydrogen-bond acceptors (Lipinski definition) is 5.